The van der Waals surface area contributed by atoms with Crippen molar-refractivity contribution in [1.82, 2.24) is 9.62 Å². The molecule has 0 bridgehead atoms. The molecule has 3 rings (SSSR count). The highest BCUT2D eigenvalue weighted by molar-refractivity contribution is 7.89. The van der Waals surface area contributed by atoms with Gasteiger partial charge in [-0.2, -0.15) is 4.31 Å². The largest absolute Gasteiger partial charge is 0.504 e. The van der Waals surface area contributed by atoms with Crippen LogP contribution in [0, 0.1) is 5.92 Å². The Morgan fingerprint density at radius 3 is 2.53 bits per heavy atom. The lowest BCUT2D eigenvalue weighted by atomic mass is 10.0. The number of aliphatic hydroxyl groups excluding tert-OH is 1. The van der Waals surface area contributed by atoms with E-state index >= 15 is 0 Å². The van der Waals surface area contributed by atoms with Crippen LogP contribution < -0.4 is 14.8 Å². The van der Waals surface area contributed by atoms with E-state index in [0.717, 1.165) is 19.3 Å². The number of rotatable bonds is 8. The van der Waals surface area contributed by atoms with Gasteiger partial charge < -0.3 is 25.0 Å². The van der Waals surface area contributed by atoms with Crippen molar-refractivity contribution >= 4 is 15.9 Å². The molecule has 208 valence electrons. The van der Waals surface area contributed by atoms with Crippen LogP contribution in [-0.4, -0.2) is 67.8 Å². The molecule has 1 amide bonds. The Labute approximate surface area is 225 Å². The van der Waals surface area contributed by atoms with Crippen LogP contribution in [0.4, 0.5) is 0 Å². The average Bonchev–Trinajstić information content (AvgIpc) is 2.90. The molecule has 0 radical (unpaired) electrons. The van der Waals surface area contributed by atoms with Crippen molar-refractivity contribution in [1.29, 1.82) is 0 Å². The Balaban J connectivity index is 1.87. The molecular weight excluding hydrogens is 508 g/mol. The molecule has 0 aromatic heterocycles. The molecule has 38 heavy (non-hydrogen) atoms. The van der Waals surface area contributed by atoms with E-state index in [0.29, 0.717) is 12.2 Å². The molecule has 1 heterocycles. The first-order valence-electron chi connectivity index (χ1n) is 12.9. The lowest BCUT2D eigenvalue weighted by Gasteiger charge is -2.31. The van der Waals surface area contributed by atoms with Crippen LogP contribution in [0.25, 0.3) is 0 Å². The number of aliphatic hydroxyl groups is 1. The number of carbonyl (C=O) groups is 1. The van der Waals surface area contributed by atoms with Crippen molar-refractivity contribution < 1.29 is 32.9 Å². The summed E-state index contributed by atoms with van der Waals surface area (Å²) in [5.41, 5.74) is 0.139. The predicted octanol–water partition coefficient (Wildman–Crippen LogP) is 3.72. The molecule has 2 atom stereocenters. The van der Waals surface area contributed by atoms with E-state index in [1.54, 1.807) is 18.2 Å². The molecule has 10 heteroatoms. The van der Waals surface area contributed by atoms with E-state index in [9.17, 15) is 23.4 Å². The van der Waals surface area contributed by atoms with Crippen LogP contribution in [0.1, 0.15) is 49.9 Å². The fraction of sp³-hybridized carbons (Fsp3) is 0.464. The number of hydrogen-bond donors (Lipinski definition) is 3. The Morgan fingerprint density at radius 2 is 1.84 bits per heavy atom. The number of phenolic OH excluding ortho intramolecular Hbond substituents is 1. The topological polar surface area (TPSA) is 125 Å². The predicted molar refractivity (Wildman–Crippen MR) is 145 cm³/mol. The second kappa shape index (κ2) is 13.6. The van der Waals surface area contributed by atoms with Gasteiger partial charge in [0, 0.05) is 13.1 Å². The third kappa shape index (κ3) is 7.72. The van der Waals surface area contributed by atoms with Crippen molar-refractivity contribution in [2.45, 2.75) is 56.6 Å². The van der Waals surface area contributed by atoms with Crippen LogP contribution in [0.15, 0.2) is 59.5 Å². The van der Waals surface area contributed by atoms with Gasteiger partial charge in [-0.05, 0) is 61.6 Å². The quantitative estimate of drug-likeness (QED) is 0.431. The Hall–Kier alpha value is -3.08. The summed E-state index contributed by atoms with van der Waals surface area (Å²) in [6.07, 6.45) is 5.43. The third-order valence-corrected chi connectivity index (χ3v) is 8.15. The Morgan fingerprint density at radius 1 is 1.11 bits per heavy atom. The molecule has 2 aromatic rings. The van der Waals surface area contributed by atoms with Gasteiger partial charge in [-0.25, -0.2) is 8.42 Å². The first-order chi connectivity index (χ1) is 18.1. The molecule has 0 unspecified atom stereocenters. The SMILES string of the molecule is COc1ccc(S(=O)(=O)N(CC(C)C)C[C@@H](O)[C@@H]2CCCC/C=C/COc3c(O)cccc3C(=O)N2)cc1. The van der Waals surface area contributed by atoms with E-state index in [2.05, 4.69) is 5.32 Å². The van der Waals surface area contributed by atoms with Gasteiger partial charge in [0.15, 0.2) is 11.5 Å². The Kier molecular flexibility index (Phi) is 10.6. The Bertz CT molecular complexity index is 1200. The number of sulfonamides is 1. The number of nitrogens with zero attached hydrogens (tertiary/aromatic N) is 1. The molecular formula is C28H38N2O7S. The van der Waals surface area contributed by atoms with Gasteiger partial charge >= 0.3 is 0 Å². The fourth-order valence-corrected chi connectivity index (χ4v) is 5.94. The summed E-state index contributed by atoms with van der Waals surface area (Å²) in [5.74, 6) is -0.0751. The number of allylic oxidation sites excluding steroid dienone is 1. The zero-order valence-corrected chi connectivity index (χ0v) is 23.0. The average molecular weight is 547 g/mol. The minimum atomic E-state index is -3.92. The maximum atomic E-state index is 13.5. The number of hydrogen-bond acceptors (Lipinski definition) is 7. The molecule has 0 saturated heterocycles. The lowest BCUT2D eigenvalue weighted by molar-refractivity contribution is 0.0752. The van der Waals surface area contributed by atoms with Crippen molar-refractivity contribution in [2.24, 2.45) is 5.92 Å². The minimum Gasteiger partial charge on any atom is -0.504 e. The number of phenols is 1. The summed E-state index contributed by atoms with van der Waals surface area (Å²) in [4.78, 5) is 13.3. The van der Waals surface area contributed by atoms with Gasteiger partial charge in [0.05, 0.1) is 29.7 Å². The number of nitrogens with one attached hydrogen (secondary N) is 1. The molecule has 9 nitrogen and oxygen atoms in total. The van der Waals surface area contributed by atoms with E-state index in [1.165, 1.54) is 35.7 Å². The first kappa shape index (κ1) is 29.5. The summed E-state index contributed by atoms with van der Waals surface area (Å²) in [6, 6.07) is 9.92. The van der Waals surface area contributed by atoms with Crippen LogP contribution in [0.3, 0.4) is 0 Å². The number of fused-ring (bicyclic) bond motifs is 1. The van der Waals surface area contributed by atoms with Crippen LogP contribution in [0.5, 0.6) is 17.2 Å². The number of methoxy groups -OCH3 is 1. The highest BCUT2D eigenvalue weighted by atomic mass is 32.2. The molecule has 0 fully saturated rings. The zero-order chi connectivity index (χ0) is 27.7. The minimum absolute atomic E-state index is 0.00339. The summed E-state index contributed by atoms with van der Waals surface area (Å²) < 4.78 is 39.1. The van der Waals surface area contributed by atoms with Crippen molar-refractivity contribution in [3.8, 4) is 17.2 Å². The highest BCUT2D eigenvalue weighted by Crippen LogP contribution is 2.30. The second-order valence-electron chi connectivity index (χ2n) is 9.76. The normalized spacial score (nSPS) is 18.8. The summed E-state index contributed by atoms with van der Waals surface area (Å²) >= 11 is 0. The van der Waals surface area contributed by atoms with Gasteiger partial charge in [0.2, 0.25) is 10.0 Å². The fourth-order valence-electron chi connectivity index (χ4n) is 4.32. The maximum absolute atomic E-state index is 13.5. The number of carbonyl (C=O) groups excluding carboxylic acids is 1. The van der Waals surface area contributed by atoms with Gasteiger partial charge in [-0.15, -0.1) is 0 Å². The lowest BCUT2D eigenvalue weighted by Crippen LogP contribution is -2.50. The molecule has 0 aliphatic carbocycles. The van der Waals surface area contributed by atoms with Crippen LogP contribution in [0.2, 0.25) is 0 Å². The number of amides is 1. The number of para-hydroxylation sites is 1. The van der Waals surface area contributed by atoms with Gasteiger partial charge in [-0.3, -0.25) is 4.79 Å². The monoisotopic (exact) mass is 546 g/mol. The third-order valence-electron chi connectivity index (χ3n) is 6.30. The summed E-state index contributed by atoms with van der Waals surface area (Å²) in [7, 11) is -2.42. The maximum Gasteiger partial charge on any atom is 0.255 e. The number of benzene rings is 2. The van der Waals surface area contributed by atoms with Crippen molar-refractivity contribution in [3.05, 3.63) is 60.2 Å². The van der Waals surface area contributed by atoms with E-state index in [-0.39, 0.29) is 47.6 Å². The van der Waals surface area contributed by atoms with Crippen LogP contribution in [-0.2, 0) is 10.0 Å². The standard InChI is InChI=1S/C28H38N2O7S/c1-20(2)18-30(38(34,35)22-15-13-21(36-3)14-16-22)19-26(32)24-11-7-5-4-6-8-17-37-27-23(28(33)29-24)10-9-12-25(27)31/h6,8-10,12-16,20,24,26,31-32H,4-5,7,11,17-19H2,1-3H3,(H,29,33)/b8-6+/t24-,26+/m0/s1. The smallest absolute Gasteiger partial charge is 0.255 e. The summed E-state index contributed by atoms with van der Waals surface area (Å²) in [5, 5.41) is 24.4. The molecule has 1 aliphatic rings. The molecule has 0 spiro atoms. The highest BCUT2D eigenvalue weighted by Gasteiger charge is 2.31. The van der Waals surface area contributed by atoms with Crippen molar-refractivity contribution in [2.75, 3.05) is 26.8 Å². The second-order valence-corrected chi connectivity index (χ2v) is 11.7. The number of ether oxygens (including phenoxy) is 2. The van der Waals surface area contributed by atoms with Gasteiger partial charge in [-0.1, -0.05) is 38.5 Å². The van der Waals surface area contributed by atoms with Gasteiger partial charge in [0.25, 0.3) is 5.91 Å². The molecule has 0 saturated carbocycles. The van der Waals surface area contributed by atoms with E-state index < -0.39 is 28.1 Å². The van der Waals surface area contributed by atoms with Gasteiger partial charge in [0.1, 0.15) is 12.4 Å². The molecule has 3 N–H and O–H groups in total. The molecule has 1 aliphatic heterocycles. The first-order valence-corrected chi connectivity index (χ1v) is 14.3. The summed E-state index contributed by atoms with van der Waals surface area (Å²) in [6.45, 7) is 4.01. The zero-order valence-electron chi connectivity index (χ0n) is 22.2. The van der Waals surface area contributed by atoms with Crippen molar-refractivity contribution in [3.63, 3.8) is 0 Å². The van der Waals surface area contributed by atoms with E-state index in [1.807, 2.05) is 26.0 Å². The number of aromatic hydroxyl groups is 1. The molecule has 2 aromatic carbocycles. The van der Waals surface area contributed by atoms with E-state index in [4.69, 9.17) is 9.47 Å². The van der Waals surface area contributed by atoms with Crippen LogP contribution >= 0.6 is 0 Å².